The van der Waals surface area contributed by atoms with Gasteiger partial charge >= 0.3 is 17.9 Å². The van der Waals surface area contributed by atoms with Gasteiger partial charge in [0.2, 0.25) is 0 Å². The van der Waals surface area contributed by atoms with Gasteiger partial charge in [-0.05, 0) is 73.9 Å². The van der Waals surface area contributed by atoms with Crippen LogP contribution in [-0.2, 0) is 14.4 Å². The Bertz CT molecular complexity index is 1180. The summed E-state index contributed by atoms with van der Waals surface area (Å²) in [7, 11) is 0. The number of esters is 3. The van der Waals surface area contributed by atoms with E-state index in [0.29, 0.717) is 34.0 Å². The summed E-state index contributed by atoms with van der Waals surface area (Å²) in [5.41, 5.74) is 3.70. The Kier molecular flexibility index (Phi) is 8.59. The molecule has 188 valence electrons. The van der Waals surface area contributed by atoms with E-state index in [1.54, 1.807) is 57.2 Å². The van der Waals surface area contributed by atoms with Gasteiger partial charge in [0, 0.05) is 22.6 Å². The summed E-state index contributed by atoms with van der Waals surface area (Å²) < 4.78 is 15.9. The van der Waals surface area contributed by atoms with Gasteiger partial charge < -0.3 is 14.2 Å². The highest BCUT2D eigenvalue weighted by Crippen LogP contribution is 2.35. The lowest BCUT2D eigenvalue weighted by molar-refractivity contribution is -0.130. The number of carbonyl (C=O) groups excluding carboxylic acids is 3. The smallest absolute Gasteiger partial charge is 0.338 e. The molecule has 0 aromatic heterocycles. The van der Waals surface area contributed by atoms with Crippen LogP contribution >= 0.6 is 0 Å². The molecule has 0 heterocycles. The first kappa shape index (κ1) is 26.9. The lowest BCUT2D eigenvalue weighted by Crippen LogP contribution is -2.10. The minimum absolute atomic E-state index is 0.220. The Morgan fingerprint density at radius 1 is 0.486 bits per heavy atom. The molecule has 0 saturated carbocycles. The number of benzene rings is 3. The van der Waals surface area contributed by atoms with Gasteiger partial charge in [-0.3, -0.25) is 0 Å². The van der Waals surface area contributed by atoms with Crippen LogP contribution in [-0.4, -0.2) is 17.9 Å². The van der Waals surface area contributed by atoms with Crippen molar-refractivity contribution in [2.75, 3.05) is 0 Å². The molecule has 6 heteroatoms. The van der Waals surface area contributed by atoms with Crippen molar-refractivity contribution in [2.24, 2.45) is 0 Å². The second kappa shape index (κ2) is 11.8. The molecule has 6 nitrogen and oxygen atoms in total. The number of hydrogen-bond donors (Lipinski definition) is 0. The molecular formula is C31H28O6. The van der Waals surface area contributed by atoms with Crippen molar-refractivity contribution in [2.45, 2.75) is 26.7 Å². The fourth-order valence-electron chi connectivity index (χ4n) is 3.34. The largest absolute Gasteiger partial charge is 0.423 e. The monoisotopic (exact) mass is 496 g/mol. The van der Waals surface area contributed by atoms with Gasteiger partial charge in [-0.2, -0.15) is 0 Å². The summed E-state index contributed by atoms with van der Waals surface area (Å²) in [6, 6.07) is 21.5. The predicted molar refractivity (Wildman–Crippen MR) is 142 cm³/mol. The van der Waals surface area contributed by atoms with Gasteiger partial charge in [0.25, 0.3) is 0 Å². The molecule has 0 aliphatic rings. The van der Waals surface area contributed by atoms with Crippen molar-refractivity contribution < 1.29 is 28.6 Å². The van der Waals surface area contributed by atoms with E-state index >= 15 is 0 Å². The molecule has 3 aromatic carbocycles. The molecule has 0 bridgehead atoms. The maximum atomic E-state index is 11.9. The average molecular weight is 497 g/mol. The molecule has 0 amide bonds. The average Bonchev–Trinajstić information content (AvgIpc) is 2.87. The molecule has 37 heavy (non-hydrogen) atoms. The van der Waals surface area contributed by atoms with Crippen LogP contribution in [0.25, 0.3) is 0 Å². The standard InChI is InChI=1S/C31H28O6/c1-19(2)29(32)35-25-13-7-22(8-14-25)28(23-9-15-26(16-10-23)36-30(33)20(3)4)24-11-17-27(18-12-24)37-31(34)21(5)6/h7-18,28H,1,3,5H2,2,4,6H3. The van der Waals surface area contributed by atoms with E-state index < -0.39 is 17.9 Å². The molecule has 3 aromatic rings. The molecule has 0 atom stereocenters. The minimum atomic E-state index is -0.496. The molecule has 0 aliphatic heterocycles. The van der Waals surface area contributed by atoms with Gasteiger partial charge in [-0.15, -0.1) is 0 Å². The van der Waals surface area contributed by atoms with E-state index in [1.165, 1.54) is 0 Å². The van der Waals surface area contributed by atoms with Crippen LogP contribution in [0.4, 0.5) is 0 Å². The van der Waals surface area contributed by atoms with Crippen LogP contribution in [0.3, 0.4) is 0 Å². The van der Waals surface area contributed by atoms with Gasteiger partial charge in [0.1, 0.15) is 17.2 Å². The van der Waals surface area contributed by atoms with Crippen LogP contribution in [0.1, 0.15) is 43.4 Å². The minimum Gasteiger partial charge on any atom is -0.423 e. The quantitative estimate of drug-likeness (QED) is 0.149. The summed E-state index contributed by atoms with van der Waals surface area (Å²) >= 11 is 0. The van der Waals surface area contributed by atoms with E-state index in [0.717, 1.165) is 16.7 Å². The van der Waals surface area contributed by atoms with Crippen molar-refractivity contribution in [3.05, 3.63) is 126 Å². The van der Waals surface area contributed by atoms with Crippen molar-refractivity contribution in [3.8, 4) is 17.2 Å². The van der Waals surface area contributed by atoms with Crippen molar-refractivity contribution in [1.29, 1.82) is 0 Å². The lowest BCUT2D eigenvalue weighted by Gasteiger charge is -2.20. The van der Waals surface area contributed by atoms with E-state index in [-0.39, 0.29) is 5.92 Å². The van der Waals surface area contributed by atoms with Gasteiger partial charge in [-0.25, -0.2) is 14.4 Å². The third-order valence-corrected chi connectivity index (χ3v) is 5.32. The van der Waals surface area contributed by atoms with Crippen molar-refractivity contribution >= 4 is 17.9 Å². The molecule has 0 aliphatic carbocycles. The maximum absolute atomic E-state index is 11.9. The van der Waals surface area contributed by atoms with Gasteiger partial charge in [0.15, 0.2) is 0 Å². The summed E-state index contributed by atoms with van der Waals surface area (Å²) in [6.45, 7) is 15.5. The zero-order valence-corrected chi connectivity index (χ0v) is 21.1. The highest BCUT2D eigenvalue weighted by atomic mass is 16.5. The number of ether oxygens (including phenoxy) is 3. The zero-order chi connectivity index (χ0) is 27.1. The summed E-state index contributed by atoms with van der Waals surface area (Å²) in [6.07, 6.45) is 0. The molecule has 0 unspecified atom stereocenters. The normalized spacial score (nSPS) is 10.4. The van der Waals surface area contributed by atoms with Crippen molar-refractivity contribution in [1.82, 2.24) is 0 Å². The Morgan fingerprint density at radius 2 is 0.703 bits per heavy atom. The molecule has 0 N–H and O–H groups in total. The second-order valence-corrected chi connectivity index (χ2v) is 8.65. The Morgan fingerprint density at radius 3 is 0.892 bits per heavy atom. The zero-order valence-electron chi connectivity index (χ0n) is 21.1. The SMILES string of the molecule is C=C(C)C(=O)Oc1ccc(C(c2ccc(OC(=O)C(=C)C)cc2)c2ccc(OC(=O)C(=C)C)cc2)cc1. The van der Waals surface area contributed by atoms with Crippen LogP contribution in [0.5, 0.6) is 17.2 Å². The highest BCUT2D eigenvalue weighted by molar-refractivity contribution is 5.89. The van der Waals surface area contributed by atoms with Crippen molar-refractivity contribution in [3.63, 3.8) is 0 Å². The lowest BCUT2D eigenvalue weighted by atomic mass is 9.85. The number of carbonyl (C=O) groups is 3. The van der Waals surface area contributed by atoms with Crippen LogP contribution < -0.4 is 14.2 Å². The molecule has 0 saturated heterocycles. The summed E-state index contributed by atoms with van der Waals surface area (Å²) in [5.74, 6) is -0.501. The van der Waals surface area contributed by atoms with Gasteiger partial charge in [-0.1, -0.05) is 56.1 Å². The highest BCUT2D eigenvalue weighted by Gasteiger charge is 2.19. The maximum Gasteiger partial charge on any atom is 0.338 e. The first-order valence-corrected chi connectivity index (χ1v) is 11.5. The topological polar surface area (TPSA) is 78.9 Å². The molecule has 0 radical (unpaired) electrons. The Balaban J connectivity index is 1.95. The first-order valence-electron chi connectivity index (χ1n) is 11.5. The first-order chi connectivity index (χ1) is 17.5. The van der Waals surface area contributed by atoms with E-state index in [2.05, 4.69) is 19.7 Å². The summed E-state index contributed by atoms with van der Waals surface area (Å²) in [5, 5.41) is 0. The molecule has 0 spiro atoms. The third-order valence-electron chi connectivity index (χ3n) is 5.32. The van der Waals surface area contributed by atoms with E-state index in [9.17, 15) is 14.4 Å². The third kappa shape index (κ3) is 7.15. The number of rotatable bonds is 9. The van der Waals surface area contributed by atoms with Crippen LogP contribution in [0.15, 0.2) is 109 Å². The molecule has 0 fully saturated rings. The fourth-order valence-corrected chi connectivity index (χ4v) is 3.34. The predicted octanol–water partition coefficient (Wildman–Crippen LogP) is 6.31. The van der Waals surface area contributed by atoms with Gasteiger partial charge in [0.05, 0.1) is 0 Å². The molecule has 3 rings (SSSR count). The Hall–Kier alpha value is -4.71. The Labute approximate surface area is 216 Å². The van der Waals surface area contributed by atoms with E-state index in [1.807, 2.05) is 36.4 Å². The number of hydrogen-bond acceptors (Lipinski definition) is 6. The fraction of sp³-hybridized carbons (Fsp3) is 0.129. The summed E-state index contributed by atoms with van der Waals surface area (Å²) in [4.78, 5) is 35.6. The molecular weight excluding hydrogens is 468 g/mol. The second-order valence-electron chi connectivity index (χ2n) is 8.65. The van der Waals surface area contributed by atoms with E-state index in [4.69, 9.17) is 14.2 Å². The van der Waals surface area contributed by atoms with Crippen LogP contribution in [0, 0.1) is 0 Å². The van der Waals surface area contributed by atoms with Crippen LogP contribution in [0.2, 0.25) is 0 Å².